The lowest BCUT2D eigenvalue weighted by molar-refractivity contribution is -0.148. The summed E-state index contributed by atoms with van der Waals surface area (Å²) in [6.07, 6.45) is 0.0327. The highest BCUT2D eigenvalue weighted by Gasteiger charge is 2.16. The van der Waals surface area contributed by atoms with Crippen molar-refractivity contribution in [3.05, 3.63) is 59.7 Å². The van der Waals surface area contributed by atoms with Crippen molar-refractivity contribution in [1.82, 2.24) is 5.32 Å². The molecule has 0 aliphatic rings. The van der Waals surface area contributed by atoms with Crippen LogP contribution >= 0.6 is 0 Å². The Morgan fingerprint density at radius 3 is 2.43 bits per heavy atom. The van der Waals surface area contributed by atoms with E-state index in [4.69, 9.17) is 19.3 Å². The molecule has 1 amide bonds. The minimum Gasteiger partial charge on any atom is -0.496 e. The monoisotopic (exact) mass is 387 g/mol. The number of nitrogens with one attached hydrogen (secondary N) is 1. The van der Waals surface area contributed by atoms with Crippen molar-refractivity contribution < 1.29 is 28.9 Å². The van der Waals surface area contributed by atoms with E-state index in [9.17, 15) is 9.59 Å². The Hall–Kier alpha value is -3.06. The molecule has 0 heterocycles. The number of para-hydroxylation sites is 1. The first kappa shape index (κ1) is 21.2. The van der Waals surface area contributed by atoms with Gasteiger partial charge in [0.25, 0.3) is 5.91 Å². The summed E-state index contributed by atoms with van der Waals surface area (Å²) in [4.78, 5) is 22.9. The zero-order valence-electron chi connectivity index (χ0n) is 16.0. The minimum absolute atomic E-state index is 0.0961. The van der Waals surface area contributed by atoms with Crippen LogP contribution in [0.1, 0.15) is 11.1 Å². The zero-order valence-corrected chi connectivity index (χ0v) is 16.0. The lowest BCUT2D eigenvalue weighted by atomic mass is 10.1. The van der Waals surface area contributed by atoms with Crippen molar-refractivity contribution in [3.8, 4) is 11.5 Å². The van der Waals surface area contributed by atoms with E-state index in [2.05, 4.69) is 5.32 Å². The maximum Gasteiger partial charge on any atom is 0.333 e. The molecule has 2 rings (SSSR count). The molecule has 0 radical (unpaired) electrons. The van der Waals surface area contributed by atoms with Crippen molar-refractivity contribution in [2.24, 2.45) is 0 Å². The molecule has 2 aromatic rings. The Morgan fingerprint density at radius 1 is 1.07 bits per heavy atom. The van der Waals surface area contributed by atoms with E-state index in [1.165, 1.54) is 7.11 Å². The number of carboxylic acids is 1. The van der Waals surface area contributed by atoms with E-state index >= 15 is 0 Å². The third-order valence-electron chi connectivity index (χ3n) is 4.18. The largest absolute Gasteiger partial charge is 0.496 e. The molecule has 28 heavy (non-hydrogen) atoms. The zero-order chi connectivity index (χ0) is 20.4. The van der Waals surface area contributed by atoms with Crippen molar-refractivity contribution in [2.75, 3.05) is 27.4 Å². The van der Waals surface area contributed by atoms with Gasteiger partial charge >= 0.3 is 5.97 Å². The predicted octanol–water partition coefficient (Wildman–Crippen LogP) is 2.07. The van der Waals surface area contributed by atoms with E-state index in [-0.39, 0.29) is 18.9 Å². The summed E-state index contributed by atoms with van der Waals surface area (Å²) in [5.41, 5.74) is 1.83. The van der Waals surface area contributed by atoms with Crippen LogP contribution in [-0.4, -0.2) is 50.5 Å². The normalized spacial score (nSPS) is 11.5. The molecule has 2 N–H and O–H groups in total. The average molecular weight is 387 g/mol. The van der Waals surface area contributed by atoms with Gasteiger partial charge < -0.3 is 24.6 Å². The number of carbonyl (C=O) groups excluding carboxylic acids is 1. The van der Waals surface area contributed by atoms with Gasteiger partial charge in [-0.2, -0.15) is 0 Å². The van der Waals surface area contributed by atoms with E-state index < -0.39 is 12.1 Å². The van der Waals surface area contributed by atoms with Gasteiger partial charge in [0.1, 0.15) is 11.5 Å². The Bertz CT molecular complexity index is 775. The van der Waals surface area contributed by atoms with Crippen molar-refractivity contribution in [1.29, 1.82) is 0 Å². The number of carboxylic acid groups (broad SMARTS) is 1. The number of ether oxygens (including phenoxy) is 3. The average Bonchev–Trinajstić information content (AvgIpc) is 2.71. The van der Waals surface area contributed by atoms with Gasteiger partial charge in [0, 0.05) is 20.1 Å². The molecule has 7 nitrogen and oxygen atoms in total. The SMILES string of the molecule is COc1ccccc1CCNC(=O)COc1ccc(C[C@H](OC)C(=O)O)cc1. The van der Waals surface area contributed by atoms with Crippen LogP contribution in [0.5, 0.6) is 11.5 Å². The molecule has 1 atom stereocenters. The molecule has 0 bridgehead atoms. The lowest BCUT2D eigenvalue weighted by Crippen LogP contribution is -2.30. The molecule has 150 valence electrons. The molecule has 2 aromatic carbocycles. The first-order chi connectivity index (χ1) is 13.5. The predicted molar refractivity (Wildman–Crippen MR) is 104 cm³/mol. The number of aliphatic carboxylic acids is 1. The van der Waals surface area contributed by atoms with Crippen LogP contribution in [0.3, 0.4) is 0 Å². The second-order valence-corrected chi connectivity index (χ2v) is 6.11. The number of hydrogen-bond acceptors (Lipinski definition) is 5. The summed E-state index contributed by atoms with van der Waals surface area (Å²) in [7, 11) is 2.98. The summed E-state index contributed by atoms with van der Waals surface area (Å²) < 4.78 is 15.7. The lowest BCUT2D eigenvalue weighted by Gasteiger charge is -2.11. The van der Waals surface area contributed by atoms with E-state index in [0.717, 1.165) is 16.9 Å². The fourth-order valence-electron chi connectivity index (χ4n) is 2.65. The van der Waals surface area contributed by atoms with E-state index in [1.807, 2.05) is 24.3 Å². The summed E-state index contributed by atoms with van der Waals surface area (Å²) in [5, 5.41) is 11.8. The van der Waals surface area contributed by atoms with Crippen LogP contribution in [0.15, 0.2) is 48.5 Å². The van der Waals surface area contributed by atoms with Gasteiger partial charge in [-0.05, 0) is 35.7 Å². The topological polar surface area (TPSA) is 94.1 Å². The molecule has 0 aliphatic heterocycles. The Balaban J connectivity index is 1.74. The van der Waals surface area contributed by atoms with Crippen LogP contribution < -0.4 is 14.8 Å². The van der Waals surface area contributed by atoms with Gasteiger partial charge in [-0.15, -0.1) is 0 Å². The third-order valence-corrected chi connectivity index (χ3v) is 4.18. The number of rotatable bonds is 11. The molecule has 0 saturated heterocycles. The Morgan fingerprint density at radius 2 is 1.79 bits per heavy atom. The van der Waals surface area contributed by atoms with Crippen molar-refractivity contribution >= 4 is 11.9 Å². The molecule has 0 aromatic heterocycles. The second kappa shape index (κ2) is 10.9. The number of amides is 1. The maximum absolute atomic E-state index is 11.9. The fraction of sp³-hybridized carbons (Fsp3) is 0.333. The van der Waals surface area contributed by atoms with Crippen molar-refractivity contribution in [3.63, 3.8) is 0 Å². The fourth-order valence-corrected chi connectivity index (χ4v) is 2.65. The van der Waals surface area contributed by atoms with Gasteiger partial charge in [0.2, 0.25) is 0 Å². The van der Waals surface area contributed by atoms with Crippen LogP contribution in [0.4, 0.5) is 0 Å². The van der Waals surface area contributed by atoms with Gasteiger partial charge in [-0.1, -0.05) is 30.3 Å². The van der Waals surface area contributed by atoms with E-state index in [1.54, 1.807) is 31.4 Å². The molecular weight excluding hydrogens is 362 g/mol. The van der Waals surface area contributed by atoms with Gasteiger partial charge in [-0.3, -0.25) is 4.79 Å². The molecule has 0 saturated carbocycles. The number of benzene rings is 2. The number of hydrogen-bond donors (Lipinski definition) is 2. The van der Waals surface area contributed by atoms with Crippen LogP contribution in [-0.2, 0) is 27.2 Å². The smallest absolute Gasteiger partial charge is 0.333 e. The summed E-state index contributed by atoms with van der Waals surface area (Å²) >= 11 is 0. The molecule has 7 heteroatoms. The number of methoxy groups -OCH3 is 2. The third kappa shape index (κ3) is 6.59. The van der Waals surface area contributed by atoms with Gasteiger partial charge in [0.05, 0.1) is 7.11 Å². The Kier molecular flexibility index (Phi) is 8.30. The summed E-state index contributed by atoms with van der Waals surface area (Å²) in [6, 6.07) is 14.6. The Labute approximate surface area is 164 Å². The molecule has 0 fully saturated rings. The number of carbonyl (C=O) groups is 2. The first-order valence-electron chi connectivity index (χ1n) is 8.89. The van der Waals surface area contributed by atoms with Crippen LogP contribution in [0, 0.1) is 0 Å². The second-order valence-electron chi connectivity index (χ2n) is 6.11. The summed E-state index contributed by atoms with van der Waals surface area (Å²) in [5.74, 6) is 0.108. The van der Waals surface area contributed by atoms with Crippen molar-refractivity contribution in [2.45, 2.75) is 18.9 Å². The summed E-state index contributed by atoms with van der Waals surface area (Å²) in [6.45, 7) is 0.385. The standard InChI is InChI=1S/C21H25NO6/c1-26-18-6-4-3-5-16(18)11-12-22-20(23)14-28-17-9-7-15(8-10-17)13-19(27-2)21(24)25/h3-10,19H,11-14H2,1-2H3,(H,22,23)(H,24,25)/t19-/m0/s1. The molecule has 0 spiro atoms. The molecular formula is C21H25NO6. The van der Waals surface area contributed by atoms with Crippen LogP contribution in [0.25, 0.3) is 0 Å². The van der Waals surface area contributed by atoms with E-state index in [0.29, 0.717) is 18.7 Å². The quantitative estimate of drug-likeness (QED) is 0.613. The first-order valence-corrected chi connectivity index (χ1v) is 8.89. The van der Waals surface area contributed by atoms with Gasteiger partial charge in [-0.25, -0.2) is 4.79 Å². The maximum atomic E-state index is 11.9. The highest BCUT2D eigenvalue weighted by molar-refractivity contribution is 5.77. The minimum atomic E-state index is -1.01. The van der Waals surface area contributed by atoms with Gasteiger partial charge in [0.15, 0.2) is 12.7 Å². The highest BCUT2D eigenvalue weighted by atomic mass is 16.5. The molecule has 0 unspecified atom stereocenters. The highest BCUT2D eigenvalue weighted by Crippen LogP contribution is 2.17. The molecule has 0 aliphatic carbocycles. The van der Waals surface area contributed by atoms with Crippen LogP contribution in [0.2, 0.25) is 0 Å².